The maximum atomic E-state index is 12.7. The van der Waals surface area contributed by atoms with Gasteiger partial charge < -0.3 is 10.2 Å². The van der Waals surface area contributed by atoms with E-state index in [1.807, 2.05) is 24.3 Å². The molecule has 1 aliphatic heterocycles. The lowest BCUT2D eigenvalue weighted by Crippen LogP contribution is -2.33. The predicted molar refractivity (Wildman–Crippen MR) is 114 cm³/mol. The molecule has 6 nitrogen and oxygen atoms in total. The van der Waals surface area contributed by atoms with Crippen LogP contribution in [0.5, 0.6) is 0 Å². The molecule has 0 radical (unpaired) electrons. The van der Waals surface area contributed by atoms with Gasteiger partial charge in [-0.15, -0.1) is 0 Å². The minimum atomic E-state index is -3.59. The highest BCUT2D eigenvalue weighted by Gasteiger charge is 2.23. The van der Waals surface area contributed by atoms with Gasteiger partial charge in [0.1, 0.15) is 0 Å². The maximum absolute atomic E-state index is 12.7. The van der Waals surface area contributed by atoms with Crippen LogP contribution in [0, 0.1) is 0 Å². The quantitative estimate of drug-likeness (QED) is 0.786. The summed E-state index contributed by atoms with van der Waals surface area (Å²) in [5.74, 6) is -0.648. The molecule has 0 bridgehead atoms. The number of hydrogen-bond acceptors (Lipinski definition) is 4. The standard InChI is InChI=1S/C22H26N2O4S/c1-3-17-6-8-19(9-7-17)23-22(26)12-14-29(27,28)20-10-11-21-18(15-20)5-4-13-24(21)16(2)25/h6-11,15H,3-5,12-14H2,1-2H3,(H,23,26). The zero-order valence-corrected chi connectivity index (χ0v) is 17.6. The minimum Gasteiger partial charge on any atom is -0.326 e. The first kappa shape index (κ1) is 21.0. The summed E-state index contributed by atoms with van der Waals surface area (Å²) < 4.78 is 25.4. The molecule has 0 aromatic heterocycles. The minimum absolute atomic E-state index is 0.0507. The fraction of sp³-hybridized carbons (Fsp3) is 0.364. The van der Waals surface area contributed by atoms with Crippen LogP contribution in [0.3, 0.4) is 0 Å². The Labute approximate surface area is 171 Å². The second kappa shape index (κ2) is 8.78. The third-order valence-corrected chi connectivity index (χ3v) is 6.87. The van der Waals surface area contributed by atoms with Gasteiger partial charge in [0.2, 0.25) is 11.8 Å². The van der Waals surface area contributed by atoms with Crippen molar-refractivity contribution in [1.29, 1.82) is 0 Å². The number of nitrogens with zero attached hydrogens (tertiary/aromatic N) is 1. The molecule has 2 aromatic carbocycles. The molecule has 1 heterocycles. The summed E-state index contributed by atoms with van der Waals surface area (Å²) in [4.78, 5) is 25.8. The van der Waals surface area contributed by atoms with E-state index in [1.165, 1.54) is 18.6 Å². The third kappa shape index (κ3) is 5.03. The molecule has 29 heavy (non-hydrogen) atoms. The maximum Gasteiger partial charge on any atom is 0.225 e. The van der Waals surface area contributed by atoms with Crippen molar-refractivity contribution in [2.45, 2.75) is 44.4 Å². The topological polar surface area (TPSA) is 83.6 Å². The highest BCUT2D eigenvalue weighted by Crippen LogP contribution is 2.30. The smallest absolute Gasteiger partial charge is 0.225 e. The fourth-order valence-corrected chi connectivity index (χ4v) is 4.77. The normalized spacial score (nSPS) is 13.7. The van der Waals surface area contributed by atoms with Gasteiger partial charge in [0.15, 0.2) is 9.84 Å². The number of anilines is 2. The Morgan fingerprint density at radius 3 is 2.48 bits per heavy atom. The zero-order chi connectivity index (χ0) is 21.0. The van der Waals surface area contributed by atoms with E-state index in [1.54, 1.807) is 17.0 Å². The number of aryl methyl sites for hydroxylation is 2. The Balaban J connectivity index is 1.66. The third-order valence-electron chi connectivity index (χ3n) is 5.15. The molecule has 0 saturated heterocycles. The van der Waals surface area contributed by atoms with Crippen LogP contribution in [-0.4, -0.2) is 32.5 Å². The van der Waals surface area contributed by atoms with E-state index in [4.69, 9.17) is 0 Å². The zero-order valence-electron chi connectivity index (χ0n) is 16.8. The highest BCUT2D eigenvalue weighted by molar-refractivity contribution is 7.91. The molecule has 0 saturated carbocycles. The molecule has 2 amide bonds. The van der Waals surface area contributed by atoms with Crippen LogP contribution >= 0.6 is 0 Å². The SMILES string of the molecule is CCc1ccc(NC(=O)CCS(=O)(=O)c2ccc3c(c2)CCCN3C(C)=O)cc1. The predicted octanol–water partition coefficient (Wildman–Crippen LogP) is 3.35. The van der Waals surface area contributed by atoms with E-state index >= 15 is 0 Å². The number of nitrogens with one attached hydrogen (secondary N) is 1. The van der Waals surface area contributed by atoms with Crippen LogP contribution < -0.4 is 10.2 Å². The van der Waals surface area contributed by atoms with E-state index < -0.39 is 9.84 Å². The van der Waals surface area contributed by atoms with Gasteiger partial charge in [0.05, 0.1) is 10.6 Å². The van der Waals surface area contributed by atoms with Crippen molar-refractivity contribution in [3.63, 3.8) is 0 Å². The summed E-state index contributed by atoms with van der Waals surface area (Å²) in [5, 5.41) is 2.74. The second-order valence-corrected chi connectivity index (χ2v) is 9.34. The number of carbonyl (C=O) groups excluding carboxylic acids is 2. The van der Waals surface area contributed by atoms with Gasteiger partial charge >= 0.3 is 0 Å². The lowest BCUT2D eigenvalue weighted by Gasteiger charge is -2.28. The molecule has 0 spiro atoms. The Morgan fingerprint density at radius 1 is 1.10 bits per heavy atom. The highest BCUT2D eigenvalue weighted by atomic mass is 32.2. The summed E-state index contributed by atoms with van der Waals surface area (Å²) in [6.45, 7) is 4.21. The first-order chi connectivity index (χ1) is 13.8. The van der Waals surface area contributed by atoms with Crippen molar-refractivity contribution in [3.05, 3.63) is 53.6 Å². The molecular formula is C22H26N2O4S. The Bertz CT molecular complexity index is 1010. The van der Waals surface area contributed by atoms with Gasteiger partial charge in [-0.25, -0.2) is 8.42 Å². The fourth-order valence-electron chi connectivity index (χ4n) is 3.49. The summed E-state index contributed by atoms with van der Waals surface area (Å²) in [7, 11) is -3.59. The van der Waals surface area contributed by atoms with E-state index in [-0.39, 0.29) is 28.9 Å². The van der Waals surface area contributed by atoms with E-state index in [0.29, 0.717) is 12.2 Å². The summed E-state index contributed by atoms with van der Waals surface area (Å²) >= 11 is 0. The van der Waals surface area contributed by atoms with Gasteiger partial charge in [-0.3, -0.25) is 9.59 Å². The molecule has 0 unspecified atom stereocenters. The van der Waals surface area contributed by atoms with Crippen molar-refractivity contribution < 1.29 is 18.0 Å². The molecule has 0 atom stereocenters. The van der Waals surface area contributed by atoms with Crippen LogP contribution in [0.15, 0.2) is 47.4 Å². The number of amides is 2. The van der Waals surface area contributed by atoms with Crippen LogP contribution in [-0.2, 0) is 32.3 Å². The van der Waals surface area contributed by atoms with E-state index in [9.17, 15) is 18.0 Å². The molecule has 1 aliphatic rings. The van der Waals surface area contributed by atoms with Crippen molar-refractivity contribution in [2.24, 2.45) is 0 Å². The second-order valence-electron chi connectivity index (χ2n) is 7.23. The molecule has 3 rings (SSSR count). The van der Waals surface area contributed by atoms with E-state index in [0.717, 1.165) is 30.5 Å². The lowest BCUT2D eigenvalue weighted by molar-refractivity contribution is -0.117. The molecule has 154 valence electrons. The molecular weight excluding hydrogens is 388 g/mol. The van der Waals surface area contributed by atoms with Crippen LogP contribution in [0.4, 0.5) is 11.4 Å². The first-order valence-electron chi connectivity index (χ1n) is 9.82. The number of carbonyl (C=O) groups is 2. The molecule has 1 N–H and O–H groups in total. The Morgan fingerprint density at radius 2 is 1.83 bits per heavy atom. The summed E-state index contributed by atoms with van der Waals surface area (Å²) in [6, 6.07) is 12.4. The van der Waals surface area contributed by atoms with Gasteiger partial charge in [0.25, 0.3) is 0 Å². The van der Waals surface area contributed by atoms with Crippen molar-refractivity contribution in [2.75, 3.05) is 22.5 Å². The van der Waals surface area contributed by atoms with E-state index in [2.05, 4.69) is 12.2 Å². The van der Waals surface area contributed by atoms with Crippen molar-refractivity contribution in [1.82, 2.24) is 0 Å². The first-order valence-corrected chi connectivity index (χ1v) is 11.5. The number of benzene rings is 2. The largest absolute Gasteiger partial charge is 0.326 e. The number of hydrogen-bond donors (Lipinski definition) is 1. The Hall–Kier alpha value is -2.67. The molecule has 2 aromatic rings. The van der Waals surface area contributed by atoms with Crippen LogP contribution in [0.1, 0.15) is 37.8 Å². The lowest BCUT2D eigenvalue weighted by atomic mass is 10.0. The molecule has 7 heteroatoms. The van der Waals surface area contributed by atoms with Crippen LogP contribution in [0.2, 0.25) is 0 Å². The van der Waals surface area contributed by atoms with Gasteiger partial charge in [-0.05, 0) is 60.7 Å². The molecule has 0 aliphatic carbocycles. The number of sulfone groups is 1. The van der Waals surface area contributed by atoms with Crippen molar-refractivity contribution in [3.8, 4) is 0 Å². The van der Waals surface area contributed by atoms with Crippen LogP contribution in [0.25, 0.3) is 0 Å². The number of fused-ring (bicyclic) bond motifs is 1. The number of rotatable bonds is 6. The van der Waals surface area contributed by atoms with Gasteiger partial charge in [-0.1, -0.05) is 19.1 Å². The average molecular weight is 415 g/mol. The monoisotopic (exact) mass is 414 g/mol. The average Bonchev–Trinajstić information content (AvgIpc) is 2.72. The van der Waals surface area contributed by atoms with Gasteiger partial charge in [0, 0.05) is 31.3 Å². The summed E-state index contributed by atoms with van der Waals surface area (Å²) in [5.41, 5.74) is 3.45. The summed E-state index contributed by atoms with van der Waals surface area (Å²) in [6.07, 6.45) is 2.33. The van der Waals surface area contributed by atoms with Gasteiger partial charge in [-0.2, -0.15) is 0 Å². The van der Waals surface area contributed by atoms with Crippen molar-refractivity contribution >= 4 is 33.0 Å². The Kier molecular flexibility index (Phi) is 6.37. The molecule has 0 fully saturated rings.